The molecule has 0 unspecified atom stereocenters. The summed E-state index contributed by atoms with van der Waals surface area (Å²) in [5.74, 6) is 0.277. The van der Waals surface area contributed by atoms with Gasteiger partial charge in [-0.15, -0.1) is 0 Å². The molecule has 1 aromatic carbocycles. The number of anilines is 1. The first-order valence-electron chi connectivity index (χ1n) is 6.50. The molecule has 2 aromatic heterocycles. The van der Waals surface area contributed by atoms with Crippen LogP contribution in [0.5, 0.6) is 0 Å². The van der Waals surface area contributed by atoms with Gasteiger partial charge in [0.15, 0.2) is 0 Å². The lowest BCUT2D eigenvalue weighted by Gasteiger charge is -2.13. The van der Waals surface area contributed by atoms with Crippen molar-refractivity contribution in [3.8, 4) is 0 Å². The molecule has 0 amide bonds. The third-order valence-electron chi connectivity index (χ3n) is 3.70. The predicted octanol–water partition coefficient (Wildman–Crippen LogP) is 2.29. The first kappa shape index (κ1) is 12.5. The molecule has 0 aliphatic rings. The molecule has 0 fully saturated rings. The lowest BCUT2D eigenvalue weighted by Crippen LogP contribution is -2.11. The largest absolute Gasteiger partial charge is 0.369 e. The van der Waals surface area contributed by atoms with Crippen LogP contribution < -0.4 is 11.3 Å². The van der Waals surface area contributed by atoms with Gasteiger partial charge in [-0.3, -0.25) is 9.78 Å². The van der Waals surface area contributed by atoms with Gasteiger partial charge in [-0.2, -0.15) is 0 Å². The van der Waals surface area contributed by atoms with Crippen LogP contribution in [0.1, 0.15) is 29.5 Å². The first-order chi connectivity index (χ1) is 9.58. The molecule has 3 aromatic rings. The molecule has 0 spiro atoms. The quantitative estimate of drug-likeness (QED) is 0.666. The zero-order valence-electron chi connectivity index (χ0n) is 11.4. The number of aromatic amines is 2. The van der Waals surface area contributed by atoms with Crippen LogP contribution in [0, 0.1) is 6.92 Å². The van der Waals surface area contributed by atoms with Gasteiger partial charge in [-0.05, 0) is 18.1 Å². The summed E-state index contributed by atoms with van der Waals surface area (Å²) in [6, 6.07) is 8.20. The molecule has 0 aliphatic carbocycles. The monoisotopic (exact) mass is 268 g/mol. The highest BCUT2D eigenvalue weighted by molar-refractivity contribution is 5.80. The van der Waals surface area contributed by atoms with Crippen molar-refractivity contribution < 1.29 is 0 Å². The highest BCUT2D eigenvalue weighted by Crippen LogP contribution is 2.30. The Labute approximate surface area is 115 Å². The van der Waals surface area contributed by atoms with Crippen LogP contribution in [0.2, 0.25) is 0 Å². The maximum atomic E-state index is 11.8. The number of rotatable bonds is 2. The van der Waals surface area contributed by atoms with E-state index in [4.69, 9.17) is 5.73 Å². The zero-order valence-corrected chi connectivity index (χ0v) is 11.4. The van der Waals surface area contributed by atoms with Crippen LogP contribution in [0.4, 0.5) is 5.95 Å². The third kappa shape index (κ3) is 1.87. The van der Waals surface area contributed by atoms with Gasteiger partial charge in [0.1, 0.15) is 11.0 Å². The summed E-state index contributed by atoms with van der Waals surface area (Å²) >= 11 is 0. The van der Waals surface area contributed by atoms with Gasteiger partial charge in [0.05, 0.1) is 0 Å². The Morgan fingerprint density at radius 3 is 2.75 bits per heavy atom. The molecule has 20 heavy (non-hydrogen) atoms. The third-order valence-corrected chi connectivity index (χ3v) is 3.70. The number of nitrogens with zero attached hydrogens (tertiary/aromatic N) is 1. The summed E-state index contributed by atoms with van der Waals surface area (Å²) in [6.07, 6.45) is 1.84. The Bertz CT molecular complexity index is 831. The topological polar surface area (TPSA) is 87.6 Å². The predicted molar refractivity (Wildman–Crippen MR) is 79.8 cm³/mol. The van der Waals surface area contributed by atoms with Gasteiger partial charge in [-0.25, -0.2) is 4.98 Å². The second-order valence-electron chi connectivity index (χ2n) is 5.00. The Kier molecular flexibility index (Phi) is 2.82. The second-order valence-corrected chi connectivity index (χ2v) is 5.00. The van der Waals surface area contributed by atoms with Crippen molar-refractivity contribution in [3.63, 3.8) is 0 Å². The van der Waals surface area contributed by atoms with Gasteiger partial charge < -0.3 is 10.7 Å². The van der Waals surface area contributed by atoms with E-state index in [2.05, 4.69) is 40.9 Å². The Morgan fingerprint density at radius 2 is 2.00 bits per heavy atom. The van der Waals surface area contributed by atoms with Crippen molar-refractivity contribution in [2.45, 2.75) is 19.8 Å². The fourth-order valence-corrected chi connectivity index (χ4v) is 2.62. The Hall–Kier alpha value is -2.56. The first-order valence-corrected chi connectivity index (χ1v) is 6.50. The average Bonchev–Trinajstić information content (AvgIpc) is 2.82. The minimum Gasteiger partial charge on any atom is -0.369 e. The lowest BCUT2D eigenvalue weighted by atomic mass is 9.91. The van der Waals surface area contributed by atoms with Crippen LogP contribution in [0.3, 0.4) is 0 Å². The average molecular weight is 268 g/mol. The molecular formula is C15H16N4O. The van der Waals surface area contributed by atoms with Crippen LogP contribution >= 0.6 is 0 Å². The fraction of sp³-hybridized carbons (Fsp3) is 0.200. The summed E-state index contributed by atoms with van der Waals surface area (Å²) in [5.41, 5.74) is 9.92. The number of aromatic nitrogens is 3. The molecule has 0 saturated carbocycles. The normalized spacial score (nSPS) is 12.7. The molecule has 102 valence electrons. The summed E-state index contributed by atoms with van der Waals surface area (Å²) in [4.78, 5) is 21.6. The number of benzene rings is 1. The molecule has 4 N–H and O–H groups in total. The van der Waals surface area contributed by atoms with E-state index >= 15 is 0 Å². The van der Waals surface area contributed by atoms with E-state index in [0.29, 0.717) is 11.0 Å². The highest BCUT2D eigenvalue weighted by Gasteiger charge is 2.17. The molecule has 0 radical (unpaired) electrons. The van der Waals surface area contributed by atoms with E-state index in [-0.39, 0.29) is 17.4 Å². The smallest absolute Gasteiger partial charge is 0.276 e. The molecule has 5 heteroatoms. The van der Waals surface area contributed by atoms with Crippen molar-refractivity contribution in [2.75, 3.05) is 5.73 Å². The molecule has 0 saturated heterocycles. The van der Waals surface area contributed by atoms with Crippen LogP contribution in [0.25, 0.3) is 11.0 Å². The molecule has 2 heterocycles. The summed E-state index contributed by atoms with van der Waals surface area (Å²) in [7, 11) is 0. The fourth-order valence-electron chi connectivity index (χ4n) is 2.62. The molecule has 3 rings (SSSR count). The minimum absolute atomic E-state index is 0.138. The molecule has 1 atom stereocenters. The number of H-pyrrole nitrogens is 2. The van der Waals surface area contributed by atoms with Crippen molar-refractivity contribution in [2.24, 2.45) is 0 Å². The van der Waals surface area contributed by atoms with Crippen molar-refractivity contribution in [3.05, 3.63) is 57.5 Å². The lowest BCUT2D eigenvalue weighted by molar-refractivity contribution is 0.915. The van der Waals surface area contributed by atoms with Gasteiger partial charge in [0, 0.05) is 17.7 Å². The van der Waals surface area contributed by atoms with E-state index in [9.17, 15) is 4.79 Å². The molecule has 0 bridgehead atoms. The summed E-state index contributed by atoms with van der Waals surface area (Å²) in [5, 5.41) is 0. The maximum Gasteiger partial charge on any atom is 0.276 e. The van der Waals surface area contributed by atoms with Crippen LogP contribution in [0.15, 0.2) is 35.3 Å². The highest BCUT2D eigenvalue weighted by atomic mass is 16.1. The van der Waals surface area contributed by atoms with E-state index in [1.807, 2.05) is 18.3 Å². The summed E-state index contributed by atoms with van der Waals surface area (Å²) < 4.78 is 0. The van der Waals surface area contributed by atoms with Crippen molar-refractivity contribution in [1.82, 2.24) is 15.0 Å². The Balaban J connectivity index is 2.20. The number of nitrogens with one attached hydrogen (secondary N) is 2. The van der Waals surface area contributed by atoms with E-state index < -0.39 is 0 Å². The van der Waals surface area contributed by atoms with Gasteiger partial charge >= 0.3 is 0 Å². The minimum atomic E-state index is -0.240. The maximum absolute atomic E-state index is 11.8. The van der Waals surface area contributed by atoms with Gasteiger partial charge in [0.2, 0.25) is 5.95 Å². The zero-order chi connectivity index (χ0) is 14.3. The van der Waals surface area contributed by atoms with Crippen molar-refractivity contribution >= 4 is 17.0 Å². The standard InChI is InChI=1S/C15H16N4O/c1-8-5-3-4-6-10(8)9(2)11-7-17-13-12(11)18-15(16)19-14(13)20/h3-7,9,17H,1-2H3,(H3,16,18,19,20)/t9-/m0/s1. The number of nitrogen functional groups attached to an aromatic ring is 1. The molecular weight excluding hydrogens is 252 g/mol. The van der Waals surface area contributed by atoms with Gasteiger partial charge in [0.25, 0.3) is 5.56 Å². The molecule has 5 nitrogen and oxygen atoms in total. The Morgan fingerprint density at radius 1 is 1.25 bits per heavy atom. The second kappa shape index (κ2) is 4.52. The number of hydrogen-bond donors (Lipinski definition) is 3. The van der Waals surface area contributed by atoms with E-state index in [1.165, 1.54) is 11.1 Å². The van der Waals surface area contributed by atoms with Crippen LogP contribution in [-0.2, 0) is 0 Å². The summed E-state index contributed by atoms with van der Waals surface area (Å²) in [6.45, 7) is 4.18. The number of fused-ring (bicyclic) bond motifs is 1. The van der Waals surface area contributed by atoms with Gasteiger partial charge in [-0.1, -0.05) is 31.2 Å². The number of nitrogens with two attached hydrogens (primary N) is 1. The van der Waals surface area contributed by atoms with Crippen LogP contribution in [-0.4, -0.2) is 15.0 Å². The number of aryl methyl sites for hydroxylation is 1. The molecule has 0 aliphatic heterocycles. The van der Waals surface area contributed by atoms with Crippen molar-refractivity contribution in [1.29, 1.82) is 0 Å². The van der Waals surface area contributed by atoms with E-state index in [1.54, 1.807) is 0 Å². The van der Waals surface area contributed by atoms with E-state index in [0.717, 1.165) is 5.56 Å². The number of hydrogen-bond acceptors (Lipinski definition) is 3. The SMILES string of the molecule is Cc1ccccc1[C@H](C)c1c[nH]c2c(=O)[nH]c(N)nc12.